The molecule has 0 saturated heterocycles. The van der Waals surface area contributed by atoms with Gasteiger partial charge in [-0.15, -0.1) is 0 Å². The summed E-state index contributed by atoms with van der Waals surface area (Å²) in [5, 5.41) is 14.0. The van der Waals surface area contributed by atoms with E-state index >= 15 is 0 Å². The lowest BCUT2D eigenvalue weighted by molar-refractivity contribution is -0.136. The second-order valence-corrected chi connectivity index (χ2v) is 11.8. The Kier molecular flexibility index (Phi) is 10.0. The SMILES string of the molecule is CCCOc1ccc(-c2ccc(CCCc3nn(Cc4ccc(C(C)(C)C)cc4)c(=O)n3CC)cc2)cc1CC(=O)O. The second-order valence-electron chi connectivity index (χ2n) is 11.8. The molecule has 0 aliphatic heterocycles. The standard InChI is InChI=1S/C35H43N3O4/c1-6-21-42-31-20-17-28(22-29(31)23-33(39)40)27-15-11-25(12-16-27)9-8-10-32-36-38(34(41)37(32)7-2)24-26-13-18-30(19-14-26)35(3,4)5/h11-20,22H,6-10,21,23-24H2,1-5H3,(H,39,40). The summed E-state index contributed by atoms with van der Waals surface area (Å²) < 4.78 is 9.11. The van der Waals surface area contributed by atoms with Crippen molar-refractivity contribution in [2.24, 2.45) is 0 Å². The molecule has 0 aliphatic rings. The summed E-state index contributed by atoms with van der Waals surface area (Å²) >= 11 is 0. The molecule has 42 heavy (non-hydrogen) atoms. The maximum Gasteiger partial charge on any atom is 0.346 e. The molecular weight excluding hydrogens is 526 g/mol. The molecule has 0 saturated carbocycles. The minimum absolute atomic E-state index is 0.0647. The molecule has 4 rings (SSSR count). The number of aliphatic carboxylic acids is 1. The third-order valence-corrected chi connectivity index (χ3v) is 7.48. The number of aryl methyl sites for hydroxylation is 2. The highest BCUT2D eigenvalue weighted by Gasteiger charge is 2.15. The number of hydrogen-bond donors (Lipinski definition) is 1. The van der Waals surface area contributed by atoms with E-state index < -0.39 is 5.97 Å². The average molecular weight is 570 g/mol. The first-order chi connectivity index (χ1) is 20.1. The third-order valence-electron chi connectivity index (χ3n) is 7.48. The van der Waals surface area contributed by atoms with Gasteiger partial charge in [-0.1, -0.05) is 82.3 Å². The van der Waals surface area contributed by atoms with Crippen LogP contribution in [-0.4, -0.2) is 32.0 Å². The van der Waals surface area contributed by atoms with E-state index in [9.17, 15) is 14.7 Å². The smallest absolute Gasteiger partial charge is 0.346 e. The quantitative estimate of drug-likeness (QED) is 0.194. The highest BCUT2D eigenvalue weighted by molar-refractivity contribution is 5.74. The fourth-order valence-corrected chi connectivity index (χ4v) is 5.10. The van der Waals surface area contributed by atoms with Crippen LogP contribution in [0.4, 0.5) is 0 Å². The molecule has 7 heteroatoms. The normalized spacial score (nSPS) is 11.5. The molecule has 3 aromatic carbocycles. The van der Waals surface area contributed by atoms with Crippen LogP contribution in [0.5, 0.6) is 5.75 Å². The Balaban J connectivity index is 1.40. The monoisotopic (exact) mass is 569 g/mol. The molecular formula is C35H43N3O4. The van der Waals surface area contributed by atoms with Gasteiger partial charge in [0.25, 0.3) is 0 Å². The van der Waals surface area contributed by atoms with Crippen LogP contribution >= 0.6 is 0 Å². The minimum Gasteiger partial charge on any atom is -0.493 e. The largest absolute Gasteiger partial charge is 0.493 e. The van der Waals surface area contributed by atoms with E-state index in [1.54, 1.807) is 9.25 Å². The van der Waals surface area contributed by atoms with E-state index in [1.165, 1.54) is 11.1 Å². The third kappa shape index (κ3) is 7.78. The number of benzene rings is 3. The molecule has 1 aromatic heterocycles. The van der Waals surface area contributed by atoms with Crippen LogP contribution in [0.3, 0.4) is 0 Å². The summed E-state index contributed by atoms with van der Waals surface area (Å²) in [4.78, 5) is 24.4. The summed E-state index contributed by atoms with van der Waals surface area (Å²) in [6.45, 7) is 12.2. The zero-order valence-electron chi connectivity index (χ0n) is 25.5. The first-order valence-electron chi connectivity index (χ1n) is 14.9. The first kappa shape index (κ1) is 30.8. The van der Waals surface area contributed by atoms with E-state index in [1.807, 2.05) is 32.0 Å². The molecule has 0 bridgehead atoms. The fourth-order valence-electron chi connectivity index (χ4n) is 5.10. The maximum absolute atomic E-state index is 13.0. The number of nitrogens with zero attached hydrogens (tertiary/aromatic N) is 3. The highest BCUT2D eigenvalue weighted by atomic mass is 16.5. The van der Waals surface area contributed by atoms with E-state index in [0.717, 1.165) is 48.2 Å². The Labute approximate surface area is 248 Å². The van der Waals surface area contributed by atoms with Gasteiger partial charge >= 0.3 is 11.7 Å². The van der Waals surface area contributed by atoms with E-state index in [2.05, 4.69) is 69.3 Å². The molecule has 0 spiro atoms. The van der Waals surface area contributed by atoms with Crippen molar-refractivity contribution in [3.63, 3.8) is 0 Å². The predicted molar refractivity (Wildman–Crippen MR) is 167 cm³/mol. The van der Waals surface area contributed by atoms with Gasteiger partial charge in [-0.3, -0.25) is 9.36 Å². The van der Waals surface area contributed by atoms with Crippen LogP contribution in [0.1, 0.15) is 75.5 Å². The van der Waals surface area contributed by atoms with Crippen LogP contribution in [0.25, 0.3) is 11.1 Å². The van der Waals surface area contributed by atoms with Gasteiger partial charge in [-0.2, -0.15) is 5.10 Å². The molecule has 0 unspecified atom stereocenters. The zero-order chi connectivity index (χ0) is 30.3. The Morgan fingerprint density at radius 1 is 0.905 bits per heavy atom. The molecule has 0 aliphatic carbocycles. The number of hydrogen-bond acceptors (Lipinski definition) is 4. The molecule has 1 N–H and O–H groups in total. The zero-order valence-corrected chi connectivity index (χ0v) is 25.5. The number of carbonyl (C=O) groups is 1. The van der Waals surface area contributed by atoms with E-state index in [0.29, 0.717) is 31.0 Å². The molecule has 1 heterocycles. The molecule has 0 amide bonds. The van der Waals surface area contributed by atoms with Gasteiger partial charge < -0.3 is 9.84 Å². The second kappa shape index (κ2) is 13.7. The Bertz CT molecular complexity index is 1540. The van der Waals surface area contributed by atoms with Crippen molar-refractivity contribution in [3.8, 4) is 16.9 Å². The van der Waals surface area contributed by atoms with Crippen molar-refractivity contribution >= 4 is 5.97 Å². The molecule has 7 nitrogen and oxygen atoms in total. The van der Waals surface area contributed by atoms with Gasteiger partial charge in [0.05, 0.1) is 19.6 Å². The van der Waals surface area contributed by atoms with Crippen molar-refractivity contribution in [2.75, 3.05) is 6.61 Å². The lowest BCUT2D eigenvalue weighted by Gasteiger charge is -2.19. The van der Waals surface area contributed by atoms with Gasteiger partial charge in [-0.05, 0) is 71.6 Å². The van der Waals surface area contributed by atoms with Crippen LogP contribution < -0.4 is 10.4 Å². The van der Waals surface area contributed by atoms with Crippen molar-refractivity contribution in [1.29, 1.82) is 0 Å². The number of carboxylic acids is 1. The van der Waals surface area contributed by atoms with E-state index in [-0.39, 0.29) is 17.5 Å². The van der Waals surface area contributed by atoms with Gasteiger partial charge in [0.15, 0.2) is 0 Å². The number of rotatable bonds is 13. The van der Waals surface area contributed by atoms with Crippen LogP contribution in [0.15, 0.2) is 71.5 Å². The van der Waals surface area contributed by atoms with Crippen LogP contribution in [0, 0.1) is 0 Å². The average Bonchev–Trinajstić information content (AvgIpc) is 3.25. The maximum atomic E-state index is 13.0. The topological polar surface area (TPSA) is 86.4 Å². The van der Waals surface area contributed by atoms with Gasteiger partial charge in [0.2, 0.25) is 0 Å². The fraction of sp³-hybridized carbons (Fsp3) is 0.400. The summed E-state index contributed by atoms with van der Waals surface area (Å²) in [7, 11) is 0. The van der Waals surface area contributed by atoms with Crippen molar-refractivity contribution < 1.29 is 14.6 Å². The number of carboxylic acid groups (broad SMARTS) is 1. The van der Waals surface area contributed by atoms with Gasteiger partial charge in [0, 0.05) is 18.5 Å². The summed E-state index contributed by atoms with van der Waals surface area (Å²) in [6, 6.07) is 22.6. The first-order valence-corrected chi connectivity index (χ1v) is 14.9. The summed E-state index contributed by atoms with van der Waals surface area (Å²) in [5.41, 5.74) is 6.24. The molecule has 0 fully saturated rings. The van der Waals surface area contributed by atoms with Crippen molar-refractivity contribution in [3.05, 3.63) is 105 Å². The Morgan fingerprint density at radius 3 is 2.19 bits per heavy atom. The minimum atomic E-state index is -0.878. The highest BCUT2D eigenvalue weighted by Crippen LogP contribution is 2.28. The van der Waals surface area contributed by atoms with Crippen LogP contribution in [0.2, 0.25) is 0 Å². The molecule has 0 atom stereocenters. The number of ether oxygens (including phenoxy) is 1. The lowest BCUT2D eigenvalue weighted by Crippen LogP contribution is -2.25. The van der Waals surface area contributed by atoms with E-state index in [4.69, 9.17) is 9.84 Å². The molecule has 222 valence electrons. The van der Waals surface area contributed by atoms with Crippen molar-refractivity contribution in [1.82, 2.24) is 14.3 Å². The number of aromatic nitrogens is 3. The molecule has 4 aromatic rings. The van der Waals surface area contributed by atoms with Crippen molar-refractivity contribution in [2.45, 2.75) is 85.2 Å². The predicted octanol–water partition coefficient (Wildman–Crippen LogP) is 6.67. The summed E-state index contributed by atoms with van der Waals surface area (Å²) in [5.74, 6) is 0.574. The van der Waals surface area contributed by atoms with Crippen LogP contribution in [-0.2, 0) is 42.6 Å². The van der Waals surface area contributed by atoms with Gasteiger partial charge in [0.1, 0.15) is 11.6 Å². The summed E-state index contributed by atoms with van der Waals surface area (Å²) in [6.07, 6.45) is 3.25. The Hall–Kier alpha value is -4.13. The van der Waals surface area contributed by atoms with Gasteiger partial charge in [-0.25, -0.2) is 9.48 Å². The molecule has 0 radical (unpaired) electrons. The Morgan fingerprint density at radius 2 is 1.57 bits per heavy atom. The lowest BCUT2D eigenvalue weighted by atomic mass is 9.87.